The second kappa shape index (κ2) is 8.95. The van der Waals surface area contributed by atoms with Crippen LogP contribution < -0.4 is 10.6 Å². The van der Waals surface area contributed by atoms with Crippen molar-refractivity contribution in [2.45, 2.75) is 40.0 Å². The van der Waals surface area contributed by atoms with Crippen molar-refractivity contribution in [1.82, 2.24) is 10.6 Å². The molecule has 0 radical (unpaired) electrons. The van der Waals surface area contributed by atoms with Gasteiger partial charge in [0.05, 0.1) is 12.5 Å². The van der Waals surface area contributed by atoms with Crippen LogP contribution in [0.15, 0.2) is 0 Å². The number of ether oxygens (including phenoxy) is 1. The van der Waals surface area contributed by atoms with Crippen LogP contribution in [0.5, 0.6) is 0 Å². The Hall–Kier alpha value is -1.10. The average Bonchev–Trinajstić information content (AvgIpc) is 2.45. The van der Waals surface area contributed by atoms with Gasteiger partial charge in [0.15, 0.2) is 0 Å². The fourth-order valence-electron chi connectivity index (χ4n) is 2.53. The van der Waals surface area contributed by atoms with Gasteiger partial charge in [0.25, 0.3) is 0 Å². The van der Waals surface area contributed by atoms with Crippen molar-refractivity contribution in [3.05, 3.63) is 0 Å². The smallest absolute Gasteiger partial charge is 0.310 e. The molecule has 5 heteroatoms. The van der Waals surface area contributed by atoms with E-state index in [-0.39, 0.29) is 17.8 Å². The van der Waals surface area contributed by atoms with E-state index in [1.807, 2.05) is 0 Å². The van der Waals surface area contributed by atoms with Crippen molar-refractivity contribution in [2.24, 2.45) is 17.8 Å². The first-order valence-electron chi connectivity index (χ1n) is 7.68. The standard InChI is InChI=1S/C15H28N2O3/c1-4-20-15(19)12(3)9-17-14(18)8-11(2)13-6-5-7-16-10-13/h11-13,16H,4-10H2,1-3H3,(H,17,18). The van der Waals surface area contributed by atoms with E-state index < -0.39 is 0 Å². The zero-order chi connectivity index (χ0) is 15.0. The summed E-state index contributed by atoms with van der Waals surface area (Å²) >= 11 is 0. The van der Waals surface area contributed by atoms with Gasteiger partial charge in [-0.3, -0.25) is 9.59 Å². The van der Waals surface area contributed by atoms with Gasteiger partial charge in [-0.2, -0.15) is 0 Å². The number of nitrogens with one attached hydrogen (secondary N) is 2. The Balaban J connectivity index is 2.23. The van der Waals surface area contributed by atoms with E-state index in [4.69, 9.17) is 4.74 Å². The number of rotatable bonds is 7. The van der Waals surface area contributed by atoms with Crippen LogP contribution in [0.1, 0.15) is 40.0 Å². The van der Waals surface area contributed by atoms with Gasteiger partial charge in [-0.05, 0) is 44.7 Å². The van der Waals surface area contributed by atoms with E-state index >= 15 is 0 Å². The fraction of sp³-hybridized carbons (Fsp3) is 0.867. The van der Waals surface area contributed by atoms with E-state index in [1.54, 1.807) is 13.8 Å². The Morgan fingerprint density at radius 2 is 2.15 bits per heavy atom. The molecule has 0 bridgehead atoms. The summed E-state index contributed by atoms with van der Waals surface area (Å²) in [7, 11) is 0. The average molecular weight is 284 g/mol. The summed E-state index contributed by atoms with van der Waals surface area (Å²) in [6.45, 7) is 8.51. The lowest BCUT2D eigenvalue weighted by atomic mass is 9.85. The van der Waals surface area contributed by atoms with Crippen LogP contribution in [0.2, 0.25) is 0 Å². The lowest BCUT2D eigenvalue weighted by Gasteiger charge is -2.28. The van der Waals surface area contributed by atoms with Gasteiger partial charge in [0.2, 0.25) is 5.91 Å². The van der Waals surface area contributed by atoms with Gasteiger partial charge in [-0.15, -0.1) is 0 Å². The summed E-state index contributed by atoms with van der Waals surface area (Å²) in [6.07, 6.45) is 2.92. The molecule has 1 saturated heterocycles. The molecule has 0 spiro atoms. The van der Waals surface area contributed by atoms with E-state index in [2.05, 4.69) is 17.6 Å². The second-order valence-electron chi connectivity index (χ2n) is 5.75. The van der Waals surface area contributed by atoms with Crippen molar-refractivity contribution in [2.75, 3.05) is 26.2 Å². The van der Waals surface area contributed by atoms with E-state index in [0.717, 1.165) is 13.1 Å². The first kappa shape index (κ1) is 17.0. The maximum atomic E-state index is 11.9. The predicted molar refractivity (Wildman–Crippen MR) is 78.2 cm³/mol. The highest BCUT2D eigenvalue weighted by Gasteiger charge is 2.22. The molecular formula is C15H28N2O3. The van der Waals surface area contributed by atoms with E-state index in [9.17, 15) is 9.59 Å². The number of hydrogen-bond donors (Lipinski definition) is 2. The molecule has 0 aromatic rings. The van der Waals surface area contributed by atoms with Crippen LogP contribution in [0, 0.1) is 17.8 Å². The predicted octanol–water partition coefficient (Wildman–Crippen LogP) is 1.33. The van der Waals surface area contributed by atoms with Crippen LogP contribution in [0.3, 0.4) is 0 Å². The second-order valence-corrected chi connectivity index (χ2v) is 5.75. The Kier molecular flexibility index (Phi) is 7.59. The van der Waals surface area contributed by atoms with Crippen LogP contribution in [0.4, 0.5) is 0 Å². The molecule has 1 aliphatic heterocycles. The number of piperidine rings is 1. The molecule has 3 atom stereocenters. The maximum Gasteiger partial charge on any atom is 0.310 e. The summed E-state index contributed by atoms with van der Waals surface area (Å²) in [5, 5.41) is 6.21. The van der Waals surface area contributed by atoms with Gasteiger partial charge >= 0.3 is 5.97 Å². The van der Waals surface area contributed by atoms with Gasteiger partial charge in [-0.25, -0.2) is 0 Å². The molecule has 3 unspecified atom stereocenters. The quantitative estimate of drug-likeness (QED) is 0.692. The highest BCUT2D eigenvalue weighted by Crippen LogP contribution is 2.22. The molecule has 1 fully saturated rings. The molecule has 5 nitrogen and oxygen atoms in total. The van der Waals surface area contributed by atoms with Crippen LogP contribution in [-0.2, 0) is 14.3 Å². The molecule has 0 saturated carbocycles. The van der Waals surface area contributed by atoms with Crippen LogP contribution in [0.25, 0.3) is 0 Å². The zero-order valence-electron chi connectivity index (χ0n) is 12.9. The molecule has 1 rings (SSSR count). The third-order valence-electron chi connectivity index (χ3n) is 3.94. The zero-order valence-corrected chi connectivity index (χ0v) is 12.9. The number of esters is 1. The molecular weight excluding hydrogens is 256 g/mol. The van der Waals surface area contributed by atoms with Crippen molar-refractivity contribution in [3.63, 3.8) is 0 Å². The molecule has 1 aliphatic rings. The van der Waals surface area contributed by atoms with Gasteiger partial charge < -0.3 is 15.4 Å². The largest absolute Gasteiger partial charge is 0.466 e. The molecule has 0 aromatic heterocycles. The summed E-state index contributed by atoms with van der Waals surface area (Å²) < 4.78 is 4.91. The molecule has 1 amide bonds. The monoisotopic (exact) mass is 284 g/mol. The number of carbonyl (C=O) groups excluding carboxylic acids is 2. The fourth-order valence-corrected chi connectivity index (χ4v) is 2.53. The summed E-state index contributed by atoms with van der Waals surface area (Å²) in [4.78, 5) is 23.3. The lowest BCUT2D eigenvalue weighted by molar-refractivity contribution is -0.147. The van der Waals surface area contributed by atoms with Gasteiger partial charge in [-0.1, -0.05) is 13.8 Å². The SMILES string of the molecule is CCOC(=O)C(C)CNC(=O)CC(C)C1CCCNC1. The first-order valence-corrected chi connectivity index (χ1v) is 7.68. The van der Waals surface area contributed by atoms with Crippen molar-refractivity contribution in [3.8, 4) is 0 Å². The Bertz CT molecular complexity index is 314. The maximum absolute atomic E-state index is 11.9. The van der Waals surface area contributed by atoms with Crippen molar-refractivity contribution in [1.29, 1.82) is 0 Å². The highest BCUT2D eigenvalue weighted by atomic mass is 16.5. The van der Waals surface area contributed by atoms with Crippen molar-refractivity contribution < 1.29 is 14.3 Å². The molecule has 2 N–H and O–H groups in total. The minimum Gasteiger partial charge on any atom is -0.466 e. The van der Waals surface area contributed by atoms with E-state index in [0.29, 0.717) is 31.4 Å². The summed E-state index contributed by atoms with van der Waals surface area (Å²) in [6, 6.07) is 0. The lowest BCUT2D eigenvalue weighted by Crippen LogP contribution is -2.37. The number of amides is 1. The Morgan fingerprint density at radius 3 is 2.75 bits per heavy atom. The minimum atomic E-state index is -0.287. The Labute approximate surface area is 121 Å². The first-order chi connectivity index (χ1) is 9.54. The molecule has 1 heterocycles. The summed E-state index contributed by atoms with van der Waals surface area (Å²) in [5.41, 5.74) is 0. The molecule has 20 heavy (non-hydrogen) atoms. The van der Waals surface area contributed by atoms with Gasteiger partial charge in [0, 0.05) is 13.0 Å². The molecule has 0 aliphatic carbocycles. The van der Waals surface area contributed by atoms with Gasteiger partial charge in [0.1, 0.15) is 0 Å². The molecule has 0 aromatic carbocycles. The number of hydrogen-bond acceptors (Lipinski definition) is 4. The summed E-state index contributed by atoms with van der Waals surface area (Å²) in [5.74, 6) is 0.444. The van der Waals surface area contributed by atoms with Crippen molar-refractivity contribution >= 4 is 11.9 Å². The number of carbonyl (C=O) groups is 2. The normalized spacial score (nSPS) is 21.9. The highest BCUT2D eigenvalue weighted by molar-refractivity contribution is 5.77. The van der Waals surface area contributed by atoms with Crippen LogP contribution in [-0.4, -0.2) is 38.1 Å². The minimum absolute atomic E-state index is 0.0271. The third kappa shape index (κ3) is 5.90. The van der Waals surface area contributed by atoms with Crippen LogP contribution >= 0.6 is 0 Å². The van der Waals surface area contributed by atoms with E-state index in [1.165, 1.54) is 12.8 Å². The topological polar surface area (TPSA) is 67.4 Å². The Morgan fingerprint density at radius 1 is 1.40 bits per heavy atom. The third-order valence-corrected chi connectivity index (χ3v) is 3.94. The molecule has 116 valence electrons.